The van der Waals surface area contributed by atoms with Crippen LogP contribution in [0.4, 0.5) is 0 Å². The van der Waals surface area contributed by atoms with Crippen molar-refractivity contribution < 1.29 is 19.1 Å². The summed E-state index contributed by atoms with van der Waals surface area (Å²) in [5, 5.41) is 6.68. The molecule has 31 heavy (non-hydrogen) atoms. The molecule has 1 N–H and O–H groups in total. The molecule has 2 aliphatic rings. The van der Waals surface area contributed by atoms with E-state index in [4.69, 9.17) is 9.47 Å². The predicted octanol–water partition coefficient (Wildman–Crippen LogP) is 2.31. The number of carbonyl (C=O) groups is 2. The molecule has 2 amide bonds. The Balaban J connectivity index is 1.44. The standard InChI is InChI=1S/C23H22N4O4/c1-30-15-7-8-21(31-2)14(9-15)11-24-27-13-22(28)26-12-19-17(10-20(26)23(27)29)16-5-3-4-6-18(16)25-19/h3-9,11,20,25H,10,12-13H2,1-2H3/t20-/m1/s1. The second kappa shape index (κ2) is 7.46. The lowest BCUT2D eigenvalue weighted by atomic mass is 9.94. The molecule has 0 spiro atoms. The first kappa shape index (κ1) is 19.2. The van der Waals surface area contributed by atoms with E-state index in [0.717, 1.165) is 22.2 Å². The number of aromatic nitrogens is 1. The highest BCUT2D eigenvalue weighted by Crippen LogP contribution is 2.32. The molecule has 3 heterocycles. The lowest BCUT2D eigenvalue weighted by molar-refractivity contribution is -0.157. The lowest BCUT2D eigenvalue weighted by Gasteiger charge is -2.40. The molecule has 8 nitrogen and oxygen atoms in total. The van der Waals surface area contributed by atoms with Gasteiger partial charge in [0.2, 0.25) is 5.91 Å². The van der Waals surface area contributed by atoms with Gasteiger partial charge in [-0.05, 0) is 29.8 Å². The van der Waals surface area contributed by atoms with E-state index in [0.29, 0.717) is 30.0 Å². The van der Waals surface area contributed by atoms with Gasteiger partial charge in [-0.3, -0.25) is 9.59 Å². The van der Waals surface area contributed by atoms with E-state index in [1.54, 1.807) is 37.3 Å². The van der Waals surface area contributed by atoms with Gasteiger partial charge >= 0.3 is 0 Å². The minimum absolute atomic E-state index is 0.0896. The van der Waals surface area contributed by atoms with Crippen molar-refractivity contribution in [2.75, 3.05) is 20.8 Å². The second-order valence-electron chi connectivity index (χ2n) is 7.62. The summed E-state index contributed by atoms with van der Waals surface area (Å²) in [5.41, 5.74) is 3.77. The maximum Gasteiger partial charge on any atom is 0.266 e. The van der Waals surface area contributed by atoms with E-state index in [1.807, 2.05) is 24.3 Å². The fourth-order valence-electron chi connectivity index (χ4n) is 4.33. The topological polar surface area (TPSA) is 87.2 Å². The number of rotatable bonds is 4. The van der Waals surface area contributed by atoms with Crippen molar-refractivity contribution in [1.29, 1.82) is 0 Å². The summed E-state index contributed by atoms with van der Waals surface area (Å²) in [4.78, 5) is 31.1. The van der Waals surface area contributed by atoms with Crippen LogP contribution in [0.1, 0.15) is 16.8 Å². The minimum Gasteiger partial charge on any atom is -0.497 e. The fraction of sp³-hybridized carbons (Fsp3) is 0.261. The third-order valence-electron chi connectivity index (χ3n) is 5.92. The maximum atomic E-state index is 13.2. The van der Waals surface area contributed by atoms with Crippen molar-refractivity contribution in [3.8, 4) is 11.5 Å². The number of benzene rings is 2. The summed E-state index contributed by atoms with van der Waals surface area (Å²) < 4.78 is 10.6. The largest absolute Gasteiger partial charge is 0.497 e. The molecular formula is C23H22N4O4. The van der Waals surface area contributed by atoms with Crippen molar-refractivity contribution in [2.45, 2.75) is 19.0 Å². The quantitative estimate of drug-likeness (QED) is 0.659. The van der Waals surface area contributed by atoms with Gasteiger partial charge in [0.15, 0.2) is 0 Å². The van der Waals surface area contributed by atoms with E-state index in [9.17, 15) is 9.59 Å². The number of piperazine rings is 1. The van der Waals surface area contributed by atoms with E-state index in [2.05, 4.69) is 10.1 Å². The van der Waals surface area contributed by atoms with Crippen LogP contribution in [-0.4, -0.2) is 59.7 Å². The third-order valence-corrected chi connectivity index (χ3v) is 5.92. The van der Waals surface area contributed by atoms with Crippen LogP contribution < -0.4 is 9.47 Å². The Morgan fingerprint density at radius 1 is 1.10 bits per heavy atom. The number of nitrogens with zero attached hydrogens (tertiary/aromatic N) is 3. The molecule has 0 bridgehead atoms. The van der Waals surface area contributed by atoms with Gasteiger partial charge in [-0.25, -0.2) is 5.01 Å². The number of ether oxygens (including phenoxy) is 2. The van der Waals surface area contributed by atoms with Gasteiger partial charge in [0.1, 0.15) is 24.1 Å². The Labute approximate surface area is 179 Å². The van der Waals surface area contributed by atoms with Gasteiger partial charge in [-0.1, -0.05) is 18.2 Å². The van der Waals surface area contributed by atoms with Crippen LogP contribution in [0.2, 0.25) is 0 Å². The summed E-state index contributed by atoms with van der Waals surface area (Å²) in [7, 11) is 3.14. The summed E-state index contributed by atoms with van der Waals surface area (Å²) in [5.74, 6) is 0.939. The molecule has 1 aromatic heterocycles. The number of hydrazone groups is 1. The number of fused-ring (bicyclic) bond motifs is 4. The molecule has 1 atom stereocenters. The Bertz CT molecular complexity index is 1220. The monoisotopic (exact) mass is 418 g/mol. The molecule has 2 aromatic carbocycles. The van der Waals surface area contributed by atoms with Crippen LogP contribution in [0.5, 0.6) is 11.5 Å². The zero-order chi connectivity index (χ0) is 21.5. The molecule has 158 valence electrons. The predicted molar refractivity (Wildman–Crippen MR) is 115 cm³/mol. The summed E-state index contributed by atoms with van der Waals surface area (Å²) in [6.45, 7) is 0.314. The number of para-hydroxylation sites is 1. The van der Waals surface area contributed by atoms with Crippen molar-refractivity contribution in [3.63, 3.8) is 0 Å². The molecule has 1 fully saturated rings. The van der Waals surface area contributed by atoms with Crippen LogP contribution in [0.3, 0.4) is 0 Å². The molecule has 0 aliphatic carbocycles. The van der Waals surface area contributed by atoms with Crippen molar-refractivity contribution >= 4 is 28.9 Å². The Hall–Kier alpha value is -3.81. The fourth-order valence-corrected chi connectivity index (χ4v) is 4.33. The molecule has 8 heteroatoms. The SMILES string of the molecule is COc1ccc(OC)c(C=NN2CC(=O)N3Cc4[nH]c5ccccc5c4C[C@@H]3C2=O)c1. The summed E-state index contributed by atoms with van der Waals surface area (Å²) >= 11 is 0. The van der Waals surface area contributed by atoms with Gasteiger partial charge in [-0.2, -0.15) is 5.10 Å². The van der Waals surface area contributed by atoms with Crippen LogP contribution in [0.25, 0.3) is 10.9 Å². The molecule has 0 radical (unpaired) electrons. The number of methoxy groups -OCH3 is 2. The molecule has 2 aliphatic heterocycles. The molecule has 1 saturated heterocycles. The molecule has 5 rings (SSSR count). The molecule has 0 unspecified atom stereocenters. The Morgan fingerprint density at radius 3 is 2.74 bits per heavy atom. The second-order valence-corrected chi connectivity index (χ2v) is 7.62. The van der Waals surface area contributed by atoms with Gasteiger partial charge < -0.3 is 19.4 Å². The van der Waals surface area contributed by atoms with Gasteiger partial charge in [0.25, 0.3) is 5.91 Å². The number of nitrogens with one attached hydrogen (secondary N) is 1. The van der Waals surface area contributed by atoms with Gasteiger partial charge in [-0.15, -0.1) is 0 Å². The normalized spacial score (nSPS) is 18.5. The van der Waals surface area contributed by atoms with Crippen molar-refractivity contribution in [2.24, 2.45) is 5.10 Å². The molecule has 3 aromatic rings. The van der Waals surface area contributed by atoms with Crippen LogP contribution in [0, 0.1) is 0 Å². The van der Waals surface area contributed by atoms with E-state index in [1.165, 1.54) is 11.2 Å². The maximum absolute atomic E-state index is 13.2. The number of amides is 2. The van der Waals surface area contributed by atoms with Crippen LogP contribution in [-0.2, 0) is 22.6 Å². The van der Waals surface area contributed by atoms with Crippen LogP contribution >= 0.6 is 0 Å². The molecule has 0 saturated carbocycles. The smallest absolute Gasteiger partial charge is 0.266 e. The first-order valence-electron chi connectivity index (χ1n) is 10.0. The number of hydrogen-bond donors (Lipinski definition) is 1. The van der Waals surface area contributed by atoms with Gasteiger partial charge in [0.05, 0.1) is 27.0 Å². The zero-order valence-corrected chi connectivity index (χ0v) is 17.3. The highest BCUT2D eigenvalue weighted by Gasteiger charge is 2.43. The highest BCUT2D eigenvalue weighted by molar-refractivity contribution is 5.97. The minimum atomic E-state index is -0.558. The van der Waals surface area contributed by atoms with E-state index in [-0.39, 0.29) is 18.4 Å². The van der Waals surface area contributed by atoms with E-state index < -0.39 is 6.04 Å². The van der Waals surface area contributed by atoms with Crippen LogP contribution in [0.15, 0.2) is 47.6 Å². The Kier molecular flexibility index (Phi) is 4.62. The summed E-state index contributed by atoms with van der Waals surface area (Å²) in [6.07, 6.45) is 2.00. The van der Waals surface area contributed by atoms with E-state index >= 15 is 0 Å². The number of carbonyl (C=O) groups excluding carboxylic acids is 2. The first-order chi connectivity index (χ1) is 15.1. The van der Waals surface area contributed by atoms with Gasteiger partial charge in [0, 0.05) is 28.6 Å². The lowest BCUT2D eigenvalue weighted by Crippen LogP contribution is -2.60. The number of hydrogen-bond acceptors (Lipinski definition) is 5. The Morgan fingerprint density at radius 2 is 1.94 bits per heavy atom. The average Bonchev–Trinajstić information content (AvgIpc) is 3.17. The first-order valence-corrected chi connectivity index (χ1v) is 10.0. The van der Waals surface area contributed by atoms with Crippen molar-refractivity contribution in [3.05, 3.63) is 59.3 Å². The number of aromatic amines is 1. The molecular weight excluding hydrogens is 396 g/mol. The third kappa shape index (κ3) is 3.20. The summed E-state index contributed by atoms with van der Waals surface area (Å²) in [6, 6.07) is 12.8. The number of H-pyrrole nitrogens is 1. The highest BCUT2D eigenvalue weighted by atomic mass is 16.5. The zero-order valence-electron chi connectivity index (χ0n) is 17.3. The average molecular weight is 418 g/mol. The van der Waals surface area contributed by atoms with Crippen molar-refractivity contribution in [1.82, 2.24) is 14.9 Å².